The number of nitrogens with one attached hydrogen (secondary N) is 1. The van der Waals surface area contributed by atoms with Gasteiger partial charge in [0.25, 0.3) is 10.0 Å². The number of rotatable bonds is 7. The molecular weight excluding hydrogens is 480 g/mol. The van der Waals surface area contributed by atoms with Crippen LogP contribution in [-0.4, -0.2) is 23.4 Å². The number of hydrogen-bond donors (Lipinski definition) is 3. The molecule has 0 aliphatic carbocycles. The summed E-state index contributed by atoms with van der Waals surface area (Å²) in [4.78, 5) is 12.3. The van der Waals surface area contributed by atoms with Crippen LogP contribution in [0, 0.1) is 13.8 Å². The van der Waals surface area contributed by atoms with Gasteiger partial charge in [-0.2, -0.15) is 10.2 Å². The minimum atomic E-state index is -3.86. The van der Waals surface area contributed by atoms with Gasteiger partial charge in [-0.1, -0.05) is 18.2 Å². The minimum Gasteiger partial charge on any atom is -0.382 e. The fraction of sp³-hybridized carbons (Fsp3) is 0.0870. The summed E-state index contributed by atoms with van der Waals surface area (Å²) in [5.74, 6) is 0.816. The third-order valence-corrected chi connectivity index (χ3v) is 6.06. The van der Waals surface area contributed by atoms with Gasteiger partial charge in [-0.05, 0) is 50.2 Å². The Kier molecular flexibility index (Phi) is 6.92. The van der Waals surface area contributed by atoms with E-state index in [1.54, 1.807) is 32.0 Å². The lowest BCUT2D eigenvalue weighted by atomic mass is 10.3. The zero-order valence-corrected chi connectivity index (χ0v) is 20.2. The van der Waals surface area contributed by atoms with Crippen molar-refractivity contribution in [2.45, 2.75) is 18.7 Å². The predicted octanol–water partition coefficient (Wildman–Crippen LogP) is 5.28. The second kappa shape index (κ2) is 10.2. The predicted molar refractivity (Wildman–Crippen MR) is 137 cm³/mol. The molecule has 0 unspecified atom stereocenters. The van der Waals surface area contributed by atoms with Gasteiger partial charge in [-0.25, -0.2) is 23.4 Å². The number of anilines is 3. The van der Waals surface area contributed by atoms with Crippen LogP contribution >= 0.6 is 0 Å². The van der Waals surface area contributed by atoms with Crippen molar-refractivity contribution in [3.8, 4) is 0 Å². The zero-order chi connectivity index (χ0) is 25.7. The van der Waals surface area contributed by atoms with Crippen LogP contribution < -0.4 is 16.2 Å². The summed E-state index contributed by atoms with van der Waals surface area (Å²) in [6.45, 7) is 3.44. The average molecular weight is 503 g/mol. The summed E-state index contributed by atoms with van der Waals surface area (Å²) < 4.78 is 27.9. The van der Waals surface area contributed by atoms with Crippen molar-refractivity contribution in [2.24, 2.45) is 20.5 Å². The van der Waals surface area contributed by atoms with Crippen molar-refractivity contribution in [1.29, 1.82) is 0 Å². The highest BCUT2D eigenvalue weighted by Crippen LogP contribution is 2.32. The largest absolute Gasteiger partial charge is 0.382 e. The van der Waals surface area contributed by atoms with E-state index < -0.39 is 10.0 Å². The quantitative estimate of drug-likeness (QED) is 0.286. The van der Waals surface area contributed by atoms with E-state index in [1.807, 2.05) is 18.2 Å². The Morgan fingerprint density at radius 1 is 0.722 bits per heavy atom. The van der Waals surface area contributed by atoms with Crippen molar-refractivity contribution in [3.63, 3.8) is 0 Å². The summed E-state index contributed by atoms with van der Waals surface area (Å²) in [6, 6.07) is 18.0. The molecule has 182 valence electrons. The van der Waals surface area contributed by atoms with Crippen LogP contribution in [0.3, 0.4) is 0 Å². The fourth-order valence-electron chi connectivity index (χ4n) is 3.06. The Balaban J connectivity index is 1.51. The highest BCUT2D eigenvalue weighted by atomic mass is 32.2. The van der Waals surface area contributed by atoms with Crippen molar-refractivity contribution < 1.29 is 8.42 Å². The molecular formula is C23H22N10O2S. The highest BCUT2D eigenvalue weighted by molar-refractivity contribution is 7.92. The molecule has 0 aliphatic rings. The van der Waals surface area contributed by atoms with Gasteiger partial charge in [0, 0.05) is 17.8 Å². The number of azo groups is 2. The summed E-state index contributed by atoms with van der Waals surface area (Å²) >= 11 is 0. The number of nitrogens with zero attached hydrogens (tertiary/aromatic N) is 7. The smallest absolute Gasteiger partial charge is 0.263 e. The Labute approximate surface area is 207 Å². The van der Waals surface area contributed by atoms with Gasteiger partial charge in [0.2, 0.25) is 0 Å². The molecule has 2 aromatic carbocycles. The zero-order valence-electron chi connectivity index (χ0n) is 19.4. The molecule has 2 heterocycles. The summed E-state index contributed by atoms with van der Waals surface area (Å²) in [6.07, 6.45) is 0. The van der Waals surface area contributed by atoms with E-state index in [-0.39, 0.29) is 33.7 Å². The van der Waals surface area contributed by atoms with Crippen LogP contribution in [0.4, 0.5) is 40.2 Å². The van der Waals surface area contributed by atoms with Crippen molar-refractivity contribution in [2.75, 3.05) is 16.2 Å². The molecule has 0 fully saturated rings. The maximum absolute atomic E-state index is 12.7. The number of nitrogen functional groups attached to an aromatic ring is 2. The van der Waals surface area contributed by atoms with E-state index in [0.717, 1.165) is 0 Å². The molecule has 0 aliphatic heterocycles. The fourth-order valence-corrected chi connectivity index (χ4v) is 4.05. The van der Waals surface area contributed by atoms with Gasteiger partial charge in [-0.15, -0.1) is 10.2 Å². The van der Waals surface area contributed by atoms with Crippen molar-refractivity contribution in [3.05, 3.63) is 78.2 Å². The van der Waals surface area contributed by atoms with Crippen LogP contribution in [0.15, 0.2) is 92.1 Å². The number of nitrogens with two attached hydrogens (primary N) is 2. The number of sulfonamides is 1. The van der Waals surface area contributed by atoms with Gasteiger partial charge >= 0.3 is 0 Å². The monoisotopic (exact) mass is 502 g/mol. The van der Waals surface area contributed by atoms with E-state index >= 15 is 0 Å². The number of aromatic nitrogens is 3. The molecule has 4 rings (SSSR count). The molecule has 12 nitrogen and oxygen atoms in total. The van der Waals surface area contributed by atoms with Crippen LogP contribution in [-0.2, 0) is 10.0 Å². The van der Waals surface area contributed by atoms with Crippen LogP contribution in [0.2, 0.25) is 0 Å². The lowest BCUT2D eigenvalue weighted by Gasteiger charge is -2.08. The van der Waals surface area contributed by atoms with Gasteiger partial charge in [0.05, 0.1) is 16.3 Å². The first kappa shape index (κ1) is 24.3. The molecule has 0 atom stereocenters. The normalized spacial score (nSPS) is 11.8. The molecule has 2 aromatic heterocycles. The second-order valence-corrected chi connectivity index (χ2v) is 9.26. The Morgan fingerprint density at radius 3 is 1.89 bits per heavy atom. The third-order valence-electron chi connectivity index (χ3n) is 4.69. The molecule has 0 saturated heterocycles. The highest BCUT2D eigenvalue weighted by Gasteiger charge is 2.15. The lowest BCUT2D eigenvalue weighted by molar-refractivity contribution is 0.601. The number of pyridine rings is 1. The van der Waals surface area contributed by atoms with Crippen LogP contribution in [0.25, 0.3) is 0 Å². The SMILES string of the molecule is Cc1cc(NS(=O)(=O)c2ccc(N=Nc3cc(N=Nc4ccccc4)c(N)nc3N)cc2)nc(C)n1. The molecule has 0 bridgehead atoms. The number of benzene rings is 2. The summed E-state index contributed by atoms with van der Waals surface area (Å²) in [5, 5.41) is 16.5. The molecule has 0 radical (unpaired) electrons. The van der Waals surface area contributed by atoms with Gasteiger partial charge in [0.15, 0.2) is 11.6 Å². The van der Waals surface area contributed by atoms with E-state index in [0.29, 0.717) is 22.9 Å². The first-order valence-electron chi connectivity index (χ1n) is 10.6. The standard InChI is InChI=1S/C23H22N10O2S/c1-14-12-21(27-15(2)26-14)33-36(34,35)18-10-8-17(9-11-18)30-32-20-13-19(22(24)28-23(20)25)31-29-16-6-4-3-5-7-16/h3-13H,1-2H3,(H4,24,25,28)(H,26,27,33). The topological polar surface area (TPSA) is 186 Å². The lowest BCUT2D eigenvalue weighted by Crippen LogP contribution is -2.14. The molecule has 13 heteroatoms. The van der Waals surface area contributed by atoms with E-state index in [1.165, 1.54) is 30.3 Å². The van der Waals surface area contributed by atoms with E-state index in [4.69, 9.17) is 11.5 Å². The van der Waals surface area contributed by atoms with Crippen molar-refractivity contribution in [1.82, 2.24) is 15.0 Å². The van der Waals surface area contributed by atoms with Gasteiger partial charge in [-0.3, -0.25) is 4.72 Å². The van der Waals surface area contributed by atoms with E-state index in [9.17, 15) is 8.42 Å². The van der Waals surface area contributed by atoms with E-state index in [2.05, 4.69) is 40.1 Å². The number of hydrogen-bond acceptors (Lipinski definition) is 11. The molecule has 36 heavy (non-hydrogen) atoms. The van der Waals surface area contributed by atoms with Gasteiger partial charge < -0.3 is 11.5 Å². The average Bonchev–Trinajstić information content (AvgIpc) is 2.83. The molecule has 0 amide bonds. The maximum Gasteiger partial charge on any atom is 0.263 e. The Morgan fingerprint density at radius 2 is 1.31 bits per heavy atom. The number of aryl methyl sites for hydroxylation is 2. The van der Waals surface area contributed by atoms with Crippen LogP contribution in [0.1, 0.15) is 11.5 Å². The molecule has 0 spiro atoms. The summed E-state index contributed by atoms with van der Waals surface area (Å²) in [5.41, 5.74) is 14.0. The van der Waals surface area contributed by atoms with Gasteiger partial charge in [0.1, 0.15) is 23.0 Å². The van der Waals surface area contributed by atoms with Crippen LogP contribution in [0.5, 0.6) is 0 Å². The second-order valence-electron chi connectivity index (χ2n) is 7.57. The molecule has 5 N–H and O–H groups in total. The Hall–Kier alpha value is -4.78. The third kappa shape index (κ3) is 6.01. The minimum absolute atomic E-state index is 0.0349. The Bertz CT molecular complexity index is 1530. The molecule has 0 saturated carbocycles. The van der Waals surface area contributed by atoms with Crippen molar-refractivity contribution >= 4 is 50.2 Å². The first-order chi connectivity index (χ1) is 17.2. The maximum atomic E-state index is 12.7. The first-order valence-corrected chi connectivity index (χ1v) is 12.1. The molecule has 4 aromatic rings. The summed E-state index contributed by atoms with van der Waals surface area (Å²) in [7, 11) is -3.86.